The summed E-state index contributed by atoms with van der Waals surface area (Å²) in [7, 11) is 5.14. The molecule has 0 saturated carbocycles. The minimum absolute atomic E-state index is 0.307. The molecule has 3 heterocycles. The third-order valence-corrected chi connectivity index (χ3v) is 8.75. The topological polar surface area (TPSA) is 97.3 Å². The number of benzene rings is 2. The van der Waals surface area contributed by atoms with Crippen LogP contribution in [0.4, 0.5) is 0 Å². The highest BCUT2D eigenvalue weighted by Crippen LogP contribution is 2.37. The van der Waals surface area contributed by atoms with Gasteiger partial charge in [-0.2, -0.15) is 0 Å². The highest BCUT2D eigenvalue weighted by molar-refractivity contribution is 7.96. The predicted octanol–water partition coefficient (Wildman–Crippen LogP) is 6.48. The first kappa shape index (κ1) is 32.0. The minimum atomic E-state index is 0.307. The number of ether oxygens (including phenoxy) is 2. The Balaban J connectivity index is 1.43. The van der Waals surface area contributed by atoms with Crippen molar-refractivity contribution in [2.45, 2.75) is 45.8 Å². The Bertz CT molecular complexity index is 1710. The maximum atomic E-state index is 5.74. The van der Waals surface area contributed by atoms with E-state index in [-0.39, 0.29) is 0 Å². The van der Waals surface area contributed by atoms with Crippen molar-refractivity contribution in [1.82, 2.24) is 34.9 Å². The van der Waals surface area contributed by atoms with Crippen molar-refractivity contribution in [3.63, 3.8) is 0 Å². The normalized spacial score (nSPS) is 14.5. The molecule has 0 radical (unpaired) electrons. The van der Waals surface area contributed by atoms with Crippen LogP contribution in [0, 0.1) is 13.8 Å². The Morgan fingerprint density at radius 1 is 0.933 bits per heavy atom. The number of hydrogen-bond donors (Lipinski definition) is 2. The molecule has 0 spiro atoms. The molecule has 2 aromatic heterocycles. The van der Waals surface area contributed by atoms with Gasteiger partial charge >= 0.3 is 0 Å². The Hall–Kier alpha value is -4.41. The fourth-order valence-electron chi connectivity index (χ4n) is 5.59. The number of allylic oxidation sites excluding steroid dienone is 1. The lowest BCUT2D eigenvalue weighted by Crippen LogP contribution is -2.18. The summed E-state index contributed by atoms with van der Waals surface area (Å²) >= 11 is 1.63. The van der Waals surface area contributed by atoms with Crippen molar-refractivity contribution in [2.75, 3.05) is 27.5 Å². The molecule has 1 aliphatic heterocycles. The molecule has 1 saturated heterocycles. The molecule has 4 aromatic rings. The van der Waals surface area contributed by atoms with Crippen LogP contribution in [0.25, 0.3) is 33.6 Å². The average Bonchev–Trinajstić information content (AvgIpc) is 3.48. The molecule has 0 aliphatic carbocycles. The van der Waals surface area contributed by atoms with Crippen LogP contribution in [0.5, 0.6) is 11.8 Å². The molecule has 10 heteroatoms. The SMILES string of the molecule is C=C1CCC(/C=C\N(Cc2ncc(-c3cccc(-c4cccc(-c5cnc(CNC)c(OC)n5)c4C)c3C)nc2OC)SC)N1. The molecule has 1 fully saturated rings. The van der Waals surface area contributed by atoms with Crippen LogP contribution in [-0.4, -0.2) is 57.8 Å². The third kappa shape index (κ3) is 7.13. The number of aromatic nitrogens is 4. The second-order valence-corrected chi connectivity index (χ2v) is 11.7. The van der Waals surface area contributed by atoms with Crippen molar-refractivity contribution in [3.8, 4) is 45.4 Å². The summed E-state index contributed by atoms with van der Waals surface area (Å²) in [4.78, 5) is 19.1. The van der Waals surface area contributed by atoms with Crippen LogP contribution < -0.4 is 20.1 Å². The standard InChI is InChI=1S/C35H41N7O2S/c1-22-14-15-25(39-22)16-17-42(45-7)21-33-35(44-6)41-31(20-38-33)29-13-9-11-27(24(29)3)26-10-8-12-28(23(26)2)30-19-37-32(18-36-4)34(40-30)43-5/h8-13,16-17,19-20,25,36,39H,1,14-15,18,21H2,2-7H3/b17-16-. The fraction of sp³-hybridized carbons (Fsp3) is 0.314. The van der Waals surface area contributed by atoms with Crippen LogP contribution in [0.1, 0.15) is 35.4 Å². The van der Waals surface area contributed by atoms with Crippen molar-refractivity contribution < 1.29 is 9.47 Å². The van der Waals surface area contributed by atoms with Gasteiger partial charge in [-0.1, -0.05) is 54.9 Å². The molecular weight excluding hydrogens is 582 g/mol. The van der Waals surface area contributed by atoms with E-state index in [1.165, 1.54) is 0 Å². The molecule has 1 unspecified atom stereocenters. The summed E-state index contributed by atoms with van der Waals surface area (Å²) in [5.74, 6) is 1.04. The highest BCUT2D eigenvalue weighted by Gasteiger charge is 2.18. The second kappa shape index (κ2) is 14.6. The zero-order valence-corrected chi connectivity index (χ0v) is 27.7. The summed E-state index contributed by atoms with van der Waals surface area (Å²) in [5.41, 5.74) is 10.6. The molecule has 234 valence electrons. The maximum absolute atomic E-state index is 5.74. The molecule has 45 heavy (non-hydrogen) atoms. The van der Waals surface area contributed by atoms with Crippen molar-refractivity contribution in [1.29, 1.82) is 0 Å². The van der Waals surface area contributed by atoms with Crippen LogP contribution >= 0.6 is 11.9 Å². The van der Waals surface area contributed by atoms with Gasteiger partial charge in [-0.25, -0.2) is 9.97 Å². The summed E-state index contributed by atoms with van der Waals surface area (Å²) in [6.45, 7) is 9.42. The molecule has 0 bridgehead atoms. The van der Waals surface area contributed by atoms with Gasteiger partial charge in [0.1, 0.15) is 11.4 Å². The Kier molecular flexibility index (Phi) is 10.4. The number of nitrogens with one attached hydrogen (secondary N) is 2. The number of methoxy groups -OCH3 is 2. The van der Waals surface area contributed by atoms with Crippen LogP contribution in [0.2, 0.25) is 0 Å². The predicted molar refractivity (Wildman–Crippen MR) is 183 cm³/mol. The van der Waals surface area contributed by atoms with E-state index in [1.54, 1.807) is 26.2 Å². The van der Waals surface area contributed by atoms with Gasteiger partial charge in [0.2, 0.25) is 11.8 Å². The number of hydrogen-bond acceptors (Lipinski definition) is 10. The van der Waals surface area contributed by atoms with E-state index < -0.39 is 0 Å². The van der Waals surface area contributed by atoms with Gasteiger partial charge in [-0.3, -0.25) is 9.97 Å². The quantitative estimate of drug-likeness (QED) is 0.171. The average molecular weight is 624 g/mol. The van der Waals surface area contributed by atoms with Gasteiger partial charge in [-0.15, -0.1) is 0 Å². The molecule has 1 atom stereocenters. The van der Waals surface area contributed by atoms with Gasteiger partial charge in [0.15, 0.2) is 0 Å². The van der Waals surface area contributed by atoms with E-state index in [9.17, 15) is 0 Å². The highest BCUT2D eigenvalue weighted by atomic mass is 32.2. The van der Waals surface area contributed by atoms with Crippen molar-refractivity contribution >= 4 is 11.9 Å². The van der Waals surface area contributed by atoms with Crippen molar-refractivity contribution in [3.05, 3.63) is 95.9 Å². The lowest BCUT2D eigenvalue weighted by atomic mass is 9.90. The lowest BCUT2D eigenvalue weighted by Gasteiger charge is -2.19. The number of rotatable bonds is 12. The van der Waals surface area contributed by atoms with Crippen LogP contribution in [-0.2, 0) is 13.1 Å². The van der Waals surface area contributed by atoms with E-state index in [4.69, 9.17) is 24.4 Å². The van der Waals surface area contributed by atoms with Gasteiger partial charge in [-0.05, 0) is 62.1 Å². The zero-order valence-electron chi connectivity index (χ0n) is 26.8. The lowest BCUT2D eigenvalue weighted by molar-refractivity contribution is 0.384. The Morgan fingerprint density at radius 2 is 1.49 bits per heavy atom. The first-order chi connectivity index (χ1) is 21.9. The van der Waals surface area contributed by atoms with Crippen LogP contribution in [0.3, 0.4) is 0 Å². The van der Waals surface area contributed by atoms with Crippen molar-refractivity contribution in [2.24, 2.45) is 0 Å². The second-order valence-electron chi connectivity index (χ2n) is 10.9. The minimum Gasteiger partial charge on any atom is -0.480 e. The van der Waals surface area contributed by atoms with Gasteiger partial charge in [0.05, 0.1) is 44.5 Å². The molecule has 9 nitrogen and oxygen atoms in total. The van der Waals surface area contributed by atoms with E-state index in [0.717, 1.165) is 74.7 Å². The Labute approximate surface area is 270 Å². The largest absolute Gasteiger partial charge is 0.480 e. The fourth-order valence-corrected chi connectivity index (χ4v) is 6.04. The molecular formula is C35H41N7O2S. The van der Waals surface area contributed by atoms with E-state index in [1.807, 2.05) is 25.7 Å². The monoisotopic (exact) mass is 623 g/mol. The Morgan fingerprint density at radius 3 is 2.00 bits per heavy atom. The maximum Gasteiger partial charge on any atom is 0.237 e. The summed E-state index contributed by atoms with van der Waals surface area (Å²) < 4.78 is 13.4. The first-order valence-electron chi connectivity index (χ1n) is 14.9. The summed E-state index contributed by atoms with van der Waals surface area (Å²) in [6.07, 6.45) is 12.0. The third-order valence-electron chi connectivity index (χ3n) is 8.04. The number of nitrogens with zero attached hydrogens (tertiary/aromatic N) is 5. The smallest absolute Gasteiger partial charge is 0.237 e. The molecule has 5 rings (SSSR count). The van der Waals surface area contributed by atoms with Gasteiger partial charge in [0, 0.05) is 41.9 Å². The van der Waals surface area contributed by atoms with Crippen LogP contribution in [0.15, 0.2) is 73.3 Å². The molecule has 2 N–H and O–H groups in total. The molecule has 1 aliphatic rings. The van der Waals surface area contributed by atoms with E-state index in [0.29, 0.717) is 30.9 Å². The van der Waals surface area contributed by atoms with E-state index >= 15 is 0 Å². The van der Waals surface area contributed by atoms with Gasteiger partial charge in [0.25, 0.3) is 0 Å². The van der Waals surface area contributed by atoms with E-state index in [2.05, 4.69) is 89.0 Å². The van der Waals surface area contributed by atoms with Gasteiger partial charge < -0.3 is 24.4 Å². The molecule has 0 amide bonds. The summed E-state index contributed by atoms with van der Waals surface area (Å²) in [5, 5.41) is 6.52. The first-order valence-corrected chi connectivity index (χ1v) is 16.1. The summed E-state index contributed by atoms with van der Waals surface area (Å²) in [6, 6.07) is 12.9. The zero-order chi connectivity index (χ0) is 31.9. The molecule has 2 aromatic carbocycles.